The molecule has 0 aromatic heterocycles. The third-order valence-corrected chi connectivity index (χ3v) is 2.33. The minimum atomic E-state index is -0.983. The number of Topliss-reactive ketones (excluding diaryl/α,β-unsaturated/α-hetero) is 1. The number of amides is 1. The van der Waals surface area contributed by atoms with Gasteiger partial charge in [-0.25, -0.2) is 8.78 Å². The van der Waals surface area contributed by atoms with Gasteiger partial charge < -0.3 is 4.90 Å². The second kappa shape index (κ2) is 3.12. The van der Waals surface area contributed by atoms with E-state index in [1.54, 1.807) is 6.92 Å². The van der Waals surface area contributed by atoms with Gasteiger partial charge in [-0.3, -0.25) is 9.59 Å². The molecule has 1 aliphatic heterocycles. The highest BCUT2D eigenvalue weighted by molar-refractivity contribution is 6.52. The fourth-order valence-electron chi connectivity index (χ4n) is 1.65. The highest BCUT2D eigenvalue weighted by Crippen LogP contribution is 2.33. The molecule has 0 atom stereocenters. The molecular formula is C10H7F2NO2. The van der Waals surface area contributed by atoms with Gasteiger partial charge in [0.05, 0.1) is 11.3 Å². The number of fused-ring (bicyclic) bond motifs is 1. The molecule has 1 heterocycles. The zero-order valence-electron chi connectivity index (χ0n) is 7.88. The molecule has 1 amide bonds. The molecule has 1 aromatic rings. The smallest absolute Gasteiger partial charge is 0.299 e. The van der Waals surface area contributed by atoms with Gasteiger partial charge in [-0.15, -0.1) is 0 Å². The topological polar surface area (TPSA) is 37.4 Å². The highest BCUT2D eigenvalue weighted by Gasteiger charge is 2.39. The number of nitrogens with zero attached hydrogens (tertiary/aromatic N) is 1. The van der Waals surface area contributed by atoms with Crippen molar-refractivity contribution in [1.82, 2.24) is 0 Å². The minimum absolute atomic E-state index is 0.137. The predicted octanol–water partition coefficient (Wildman–Crippen LogP) is 1.51. The van der Waals surface area contributed by atoms with Crippen molar-refractivity contribution in [3.8, 4) is 0 Å². The summed E-state index contributed by atoms with van der Waals surface area (Å²) in [5, 5.41) is 0. The summed E-state index contributed by atoms with van der Waals surface area (Å²) in [4.78, 5) is 23.6. The van der Waals surface area contributed by atoms with E-state index in [-0.39, 0.29) is 12.2 Å². The van der Waals surface area contributed by atoms with Gasteiger partial charge in [0, 0.05) is 6.54 Å². The monoisotopic (exact) mass is 211 g/mol. The lowest BCUT2D eigenvalue weighted by Gasteiger charge is -2.13. The van der Waals surface area contributed by atoms with Gasteiger partial charge in [0.1, 0.15) is 11.6 Å². The van der Waals surface area contributed by atoms with E-state index in [1.165, 1.54) is 0 Å². The molecule has 0 bridgehead atoms. The van der Waals surface area contributed by atoms with Crippen LogP contribution in [-0.2, 0) is 4.79 Å². The van der Waals surface area contributed by atoms with Gasteiger partial charge in [0.25, 0.3) is 11.7 Å². The summed E-state index contributed by atoms with van der Waals surface area (Å²) in [6.07, 6.45) is 0. The van der Waals surface area contributed by atoms with Gasteiger partial charge in [-0.2, -0.15) is 0 Å². The average Bonchev–Trinajstić information content (AvgIpc) is 2.47. The van der Waals surface area contributed by atoms with E-state index in [9.17, 15) is 18.4 Å². The minimum Gasteiger partial charge on any atom is -0.302 e. The lowest BCUT2D eigenvalue weighted by atomic mass is 10.1. The Bertz CT molecular complexity index is 471. The summed E-state index contributed by atoms with van der Waals surface area (Å²) in [5.74, 6) is -3.48. The van der Waals surface area contributed by atoms with E-state index >= 15 is 0 Å². The molecule has 0 aliphatic carbocycles. The molecule has 3 nitrogen and oxygen atoms in total. The van der Waals surface area contributed by atoms with Crippen LogP contribution in [0.5, 0.6) is 0 Å². The summed E-state index contributed by atoms with van der Waals surface area (Å²) < 4.78 is 26.6. The van der Waals surface area contributed by atoms with E-state index in [0.29, 0.717) is 0 Å². The summed E-state index contributed by atoms with van der Waals surface area (Å²) in [6.45, 7) is 1.72. The third kappa shape index (κ3) is 1.16. The van der Waals surface area contributed by atoms with Crippen LogP contribution in [0.2, 0.25) is 0 Å². The normalized spacial score (nSPS) is 14.7. The zero-order chi connectivity index (χ0) is 11.2. The molecule has 1 aromatic carbocycles. The molecule has 0 saturated carbocycles. The molecule has 0 saturated heterocycles. The van der Waals surface area contributed by atoms with Crippen LogP contribution in [0.25, 0.3) is 0 Å². The Morgan fingerprint density at radius 3 is 2.40 bits per heavy atom. The van der Waals surface area contributed by atoms with Crippen LogP contribution >= 0.6 is 0 Å². The number of benzene rings is 1. The van der Waals surface area contributed by atoms with Crippen molar-refractivity contribution in [3.63, 3.8) is 0 Å². The van der Waals surface area contributed by atoms with Gasteiger partial charge in [-0.05, 0) is 19.1 Å². The first-order valence-corrected chi connectivity index (χ1v) is 4.42. The van der Waals surface area contributed by atoms with Crippen molar-refractivity contribution in [2.45, 2.75) is 6.92 Å². The molecule has 0 unspecified atom stereocenters. The fraction of sp³-hybridized carbons (Fsp3) is 0.200. The number of carbonyl (C=O) groups is 2. The molecule has 15 heavy (non-hydrogen) atoms. The van der Waals surface area contributed by atoms with E-state index < -0.39 is 28.9 Å². The van der Waals surface area contributed by atoms with Crippen molar-refractivity contribution in [2.75, 3.05) is 11.4 Å². The Kier molecular flexibility index (Phi) is 2.03. The van der Waals surface area contributed by atoms with Gasteiger partial charge in [0.15, 0.2) is 0 Å². The van der Waals surface area contributed by atoms with Crippen LogP contribution in [-0.4, -0.2) is 18.2 Å². The van der Waals surface area contributed by atoms with Crippen LogP contribution in [0.15, 0.2) is 12.1 Å². The van der Waals surface area contributed by atoms with Crippen LogP contribution in [0.1, 0.15) is 17.3 Å². The number of ketones is 1. The van der Waals surface area contributed by atoms with Crippen molar-refractivity contribution < 1.29 is 18.4 Å². The largest absolute Gasteiger partial charge is 0.302 e. The number of anilines is 1. The van der Waals surface area contributed by atoms with E-state index in [2.05, 4.69) is 0 Å². The van der Waals surface area contributed by atoms with Gasteiger partial charge in [0.2, 0.25) is 0 Å². The van der Waals surface area contributed by atoms with Crippen LogP contribution in [0.3, 0.4) is 0 Å². The number of carbonyl (C=O) groups excluding carboxylic acids is 2. The number of hydrogen-bond donors (Lipinski definition) is 0. The Balaban J connectivity index is 2.75. The summed E-state index contributed by atoms with van der Waals surface area (Å²) >= 11 is 0. The Hall–Kier alpha value is -1.78. The molecule has 0 spiro atoms. The number of likely N-dealkylation sites (N-methyl/N-ethyl adjacent to an activating group) is 1. The maximum absolute atomic E-state index is 13.3. The molecule has 2 rings (SSSR count). The Labute approximate surface area is 84.3 Å². The first kappa shape index (κ1) is 9.76. The van der Waals surface area contributed by atoms with Crippen LogP contribution in [0.4, 0.5) is 14.5 Å². The van der Waals surface area contributed by atoms with Crippen molar-refractivity contribution >= 4 is 17.4 Å². The molecule has 5 heteroatoms. The third-order valence-electron chi connectivity index (χ3n) is 2.33. The number of hydrogen-bond acceptors (Lipinski definition) is 2. The molecular weight excluding hydrogens is 204 g/mol. The first-order chi connectivity index (χ1) is 7.07. The van der Waals surface area contributed by atoms with Crippen LogP contribution in [0, 0.1) is 11.6 Å². The zero-order valence-corrected chi connectivity index (χ0v) is 7.88. The molecule has 0 fully saturated rings. The lowest BCUT2D eigenvalue weighted by molar-refractivity contribution is -0.114. The molecule has 1 aliphatic rings. The molecule has 0 radical (unpaired) electrons. The standard InChI is InChI=1S/C10H7F2NO2/c1-2-13-8-6(12)4-3-5(11)7(8)9(14)10(13)15/h3-4H,2H2,1H3. The lowest BCUT2D eigenvalue weighted by Crippen LogP contribution is -2.29. The second-order valence-electron chi connectivity index (χ2n) is 3.13. The maximum Gasteiger partial charge on any atom is 0.299 e. The first-order valence-electron chi connectivity index (χ1n) is 4.42. The molecule has 78 valence electrons. The van der Waals surface area contributed by atoms with Gasteiger partial charge in [-0.1, -0.05) is 0 Å². The second-order valence-corrected chi connectivity index (χ2v) is 3.13. The fourth-order valence-corrected chi connectivity index (χ4v) is 1.65. The SMILES string of the molecule is CCN1C(=O)C(=O)c2c(F)ccc(F)c21. The maximum atomic E-state index is 13.3. The van der Waals surface area contributed by atoms with Gasteiger partial charge >= 0.3 is 0 Å². The summed E-state index contributed by atoms with van der Waals surface area (Å²) in [6, 6.07) is 1.75. The van der Waals surface area contributed by atoms with Crippen molar-refractivity contribution in [2.24, 2.45) is 0 Å². The highest BCUT2D eigenvalue weighted by atomic mass is 19.1. The Morgan fingerprint density at radius 2 is 1.80 bits per heavy atom. The van der Waals surface area contributed by atoms with E-state index in [0.717, 1.165) is 17.0 Å². The Morgan fingerprint density at radius 1 is 1.20 bits per heavy atom. The van der Waals surface area contributed by atoms with Crippen molar-refractivity contribution in [3.05, 3.63) is 29.3 Å². The van der Waals surface area contributed by atoms with E-state index in [1.807, 2.05) is 0 Å². The average molecular weight is 211 g/mol. The quantitative estimate of drug-likeness (QED) is 0.660. The summed E-state index contributed by atoms with van der Waals surface area (Å²) in [5.41, 5.74) is -0.700. The van der Waals surface area contributed by atoms with Crippen molar-refractivity contribution in [1.29, 1.82) is 0 Å². The van der Waals surface area contributed by atoms with E-state index in [4.69, 9.17) is 0 Å². The predicted molar refractivity (Wildman–Crippen MR) is 48.7 cm³/mol. The summed E-state index contributed by atoms with van der Waals surface area (Å²) in [7, 11) is 0. The number of halogens is 2. The number of rotatable bonds is 1. The van der Waals surface area contributed by atoms with Crippen LogP contribution < -0.4 is 4.90 Å². The molecule has 0 N–H and O–H groups in total.